The molecule has 5 nitrogen and oxygen atoms in total. The summed E-state index contributed by atoms with van der Waals surface area (Å²) in [6.07, 6.45) is 6.25. The van der Waals surface area contributed by atoms with Gasteiger partial charge in [-0.25, -0.2) is 0 Å². The summed E-state index contributed by atoms with van der Waals surface area (Å²) in [6.45, 7) is 1.30. The van der Waals surface area contributed by atoms with E-state index in [0.717, 1.165) is 24.7 Å². The zero-order chi connectivity index (χ0) is 12.1. The van der Waals surface area contributed by atoms with Crippen molar-refractivity contribution in [3.05, 3.63) is 11.6 Å². The van der Waals surface area contributed by atoms with Gasteiger partial charge in [0.15, 0.2) is 5.82 Å². The fourth-order valence-corrected chi connectivity index (χ4v) is 2.55. The van der Waals surface area contributed by atoms with E-state index in [1.165, 1.54) is 25.7 Å². The number of nitrogens with zero attached hydrogens (tertiary/aromatic N) is 3. The Labute approximate surface area is 102 Å². The molecule has 1 aliphatic rings. The summed E-state index contributed by atoms with van der Waals surface area (Å²) in [5.74, 6) is 2.39. The minimum atomic E-state index is -0.0542. The van der Waals surface area contributed by atoms with Crippen LogP contribution in [0.3, 0.4) is 0 Å². The van der Waals surface area contributed by atoms with Crippen LogP contribution in [0.1, 0.15) is 37.3 Å². The molecule has 2 rings (SSSR count). The van der Waals surface area contributed by atoms with Crippen LogP contribution in [0, 0.1) is 5.92 Å². The lowest BCUT2D eigenvalue weighted by Crippen LogP contribution is -2.14. The lowest BCUT2D eigenvalue weighted by Gasteiger charge is -2.11. The molecule has 0 bridgehead atoms. The molecule has 1 aromatic rings. The number of hydrogen-bond acceptors (Lipinski definition) is 4. The SMILES string of the molecule is COCCn1c(CO)nnc1CC1CCCC1. The van der Waals surface area contributed by atoms with Crippen LogP contribution in [0.4, 0.5) is 0 Å². The Kier molecular flexibility index (Phi) is 4.50. The Bertz CT molecular complexity index is 346. The fourth-order valence-electron chi connectivity index (χ4n) is 2.55. The van der Waals surface area contributed by atoms with Crippen LogP contribution in [0.25, 0.3) is 0 Å². The molecule has 1 heterocycles. The first-order valence-corrected chi connectivity index (χ1v) is 6.36. The van der Waals surface area contributed by atoms with Crippen LogP contribution < -0.4 is 0 Å². The summed E-state index contributed by atoms with van der Waals surface area (Å²) in [4.78, 5) is 0. The van der Waals surface area contributed by atoms with Crippen molar-refractivity contribution in [1.29, 1.82) is 0 Å². The van der Waals surface area contributed by atoms with Crippen molar-refractivity contribution in [1.82, 2.24) is 14.8 Å². The summed E-state index contributed by atoms with van der Waals surface area (Å²) in [5.41, 5.74) is 0. The number of ether oxygens (including phenoxy) is 1. The summed E-state index contributed by atoms with van der Waals surface area (Å²) in [6, 6.07) is 0. The van der Waals surface area contributed by atoms with E-state index in [1.807, 2.05) is 4.57 Å². The molecule has 0 aliphatic heterocycles. The Morgan fingerprint density at radius 2 is 2.00 bits per heavy atom. The second kappa shape index (κ2) is 6.12. The summed E-state index contributed by atoms with van der Waals surface area (Å²) in [7, 11) is 1.68. The van der Waals surface area contributed by atoms with Gasteiger partial charge >= 0.3 is 0 Å². The number of methoxy groups -OCH3 is 1. The number of aliphatic hydroxyl groups excluding tert-OH is 1. The average molecular weight is 239 g/mol. The van der Waals surface area contributed by atoms with E-state index in [9.17, 15) is 5.11 Å². The maximum absolute atomic E-state index is 9.23. The smallest absolute Gasteiger partial charge is 0.158 e. The first-order chi connectivity index (χ1) is 8.35. The van der Waals surface area contributed by atoms with E-state index in [0.29, 0.717) is 12.4 Å². The molecule has 1 aliphatic carbocycles. The van der Waals surface area contributed by atoms with Gasteiger partial charge in [0.05, 0.1) is 6.61 Å². The highest BCUT2D eigenvalue weighted by atomic mass is 16.5. The molecule has 0 amide bonds. The highest BCUT2D eigenvalue weighted by Gasteiger charge is 2.19. The summed E-state index contributed by atoms with van der Waals surface area (Å²) >= 11 is 0. The number of aliphatic hydroxyl groups is 1. The average Bonchev–Trinajstić information content (AvgIpc) is 2.97. The number of rotatable bonds is 6. The van der Waals surface area contributed by atoms with Crippen molar-refractivity contribution in [3.8, 4) is 0 Å². The van der Waals surface area contributed by atoms with Gasteiger partial charge in [0.25, 0.3) is 0 Å². The van der Waals surface area contributed by atoms with Gasteiger partial charge in [-0.2, -0.15) is 0 Å². The van der Waals surface area contributed by atoms with Crippen LogP contribution in [0.15, 0.2) is 0 Å². The zero-order valence-corrected chi connectivity index (χ0v) is 10.4. The maximum atomic E-state index is 9.23. The second-order valence-electron chi connectivity index (χ2n) is 4.69. The quantitative estimate of drug-likeness (QED) is 0.809. The van der Waals surface area contributed by atoms with Gasteiger partial charge in [0.2, 0.25) is 0 Å². The first kappa shape index (κ1) is 12.5. The predicted molar refractivity (Wildman–Crippen MR) is 63.5 cm³/mol. The lowest BCUT2D eigenvalue weighted by molar-refractivity contribution is 0.181. The molecule has 0 unspecified atom stereocenters. The van der Waals surface area contributed by atoms with Gasteiger partial charge in [-0.3, -0.25) is 0 Å². The standard InChI is InChI=1S/C12H21N3O2/c1-17-7-6-15-11(13-14-12(15)9-16)8-10-4-2-3-5-10/h10,16H,2-9H2,1H3. The van der Waals surface area contributed by atoms with Crippen LogP contribution in [-0.2, 0) is 24.3 Å². The molecular weight excluding hydrogens is 218 g/mol. The third-order valence-electron chi connectivity index (χ3n) is 3.51. The van der Waals surface area contributed by atoms with Crippen LogP contribution in [0.5, 0.6) is 0 Å². The molecule has 0 atom stereocenters. The Morgan fingerprint density at radius 1 is 1.29 bits per heavy atom. The molecule has 1 aromatic heterocycles. The van der Waals surface area contributed by atoms with Crippen molar-refractivity contribution >= 4 is 0 Å². The van der Waals surface area contributed by atoms with Crippen molar-refractivity contribution < 1.29 is 9.84 Å². The lowest BCUT2D eigenvalue weighted by atomic mass is 10.0. The molecule has 0 radical (unpaired) electrons. The van der Waals surface area contributed by atoms with E-state index < -0.39 is 0 Å². The first-order valence-electron chi connectivity index (χ1n) is 6.36. The Balaban J connectivity index is 2.05. The van der Waals surface area contributed by atoms with E-state index in [2.05, 4.69) is 10.2 Å². The number of aromatic nitrogens is 3. The van der Waals surface area contributed by atoms with Gasteiger partial charge < -0.3 is 14.4 Å². The van der Waals surface area contributed by atoms with E-state index >= 15 is 0 Å². The van der Waals surface area contributed by atoms with E-state index in [4.69, 9.17) is 4.74 Å². The number of hydrogen-bond donors (Lipinski definition) is 1. The molecule has 1 N–H and O–H groups in total. The van der Waals surface area contributed by atoms with Gasteiger partial charge in [0, 0.05) is 20.1 Å². The van der Waals surface area contributed by atoms with Crippen LogP contribution in [-0.4, -0.2) is 33.6 Å². The van der Waals surface area contributed by atoms with Gasteiger partial charge in [-0.05, 0) is 5.92 Å². The predicted octanol–water partition coefficient (Wildman–Crippen LogP) is 1.15. The van der Waals surface area contributed by atoms with Crippen molar-refractivity contribution in [2.75, 3.05) is 13.7 Å². The largest absolute Gasteiger partial charge is 0.388 e. The van der Waals surface area contributed by atoms with E-state index in [-0.39, 0.29) is 6.61 Å². The van der Waals surface area contributed by atoms with E-state index in [1.54, 1.807) is 7.11 Å². The highest BCUT2D eigenvalue weighted by Crippen LogP contribution is 2.27. The second-order valence-corrected chi connectivity index (χ2v) is 4.69. The zero-order valence-electron chi connectivity index (χ0n) is 10.4. The molecule has 0 spiro atoms. The molecular formula is C12H21N3O2. The minimum Gasteiger partial charge on any atom is -0.388 e. The minimum absolute atomic E-state index is 0.0542. The Hall–Kier alpha value is -0.940. The van der Waals surface area contributed by atoms with Crippen molar-refractivity contribution in [3.63, 3.8) is 0 Å². The third kappa shape index (κ3) is 3.04. The molecule has 1 fully saturated rings. The molecule has 0 aromatic carbocycles. The van der Waals surface area contributed by atoms with Gasteiger partial charge in [-0.15, -0.1) is 10.2 Å². The highest BCUT2D eigenvalue weighted by molar-refractivity contribution is 4.97. The molecule has 5 heteroatoms. The molecule has 96 valence electrons. The monoisotopic (exact) mass is 239 g/mol. The Morgan fingerprint density at radius 3 is 2.65 bits per heavy atom. The van der Waals surface area contributed by atoms with Gasteiger partial charge in [0.1, 0.15) is 12.4 Å². The van der Waals surface area contributed by atoms with Crippen LogP contribution in [0.2, 0.25) is 0 Å². The normalized spacial score (nSPS) is 16.8. The topological polar surface area (TPSA) is 60.2 Å². The third-order valence-corrected chi connectivity index (χ3v) is 3.51. The van der Waals surface area contributed by atoms with Crippen molar-refractivity contribution in [2.45, 2.75) is 45.3 Å². The fraction of sp³-hybridized carbons (Fsp3) is 0.833. The molecule has 1 saturated carbocycles. The molecule has 17 heavy (non-hydrogen) atoms. The van der Waals surface area contributed by atoms with Crippen molar-refractivity contribution in [2.24, 2.45) is 5.92 Å². The van der Waals surface area contributed by atoms with Gasteiger partial charge in [-0.1, -0.05) is 25.7 Å². The molecule has 0 saturated heterocycles. The maximum Gasteiger partial charge on any atom is 0.158 e. The summed E-state index contributed by atoms with van der Waals surface area (Å²) < 4.78 is 7.08. The van der Waals surface area contributed by atoms with Crippen LogP contribution >= 0.6 is 0 Å². The summed E-state index contributed by atoms with van der Waals surface area (Å²) in [5, 5.41) is 17.5.